The van der Waals surface area contributed by atoms with Crippen molar-refractivity contribution in [1.82, 2.24) is 9.71 Å². The van der Waals surface area contributed by atoms with E-state index < -0.39 is 10.0 Å². The monoisotopic (exact) mass is 376 g/mol. The topological polar surface area (TPSA) is 59.1 Å². The normalized spacial score (nSPS) is 20.2. The van der Waals surface area contributed by atoms with Crippen molar-refractivity contribution in [2.75, 3.05) is 0 Å². The molecular formula is C17H16N2O2S3. The number of hydrogen-bond acceptors (Lipinski definition) is 5. The summed E-state index contributed by atoms with van der Waals surface area (Å²) in [4.78, 5) is 6.17. The molecule has 1 aromatic carbocycles. The Labute approximate surface area is 149 Å². The molecular weight excluding hydrogens is 360 g/mol. The number of nitrogens with one attached hydrogen (secondary N) is 1. The summed E-state index contributed by atoms with van der Waals surface area (Å²) in [5, 5.41) is 0.976. The summed E-state index contributed by atoms with van der Waals surface area (Å²) >= 11 is 2.87. The molecule has 1 aliphatic carbocycles. The molecule has 0 radical (unpaired) electrons. The van der Waals surface area contributed by atoms with Crippen LogP contribution in [0.4, 0.5) is 0 Å². The van der Waals surface area contributed by atoms with Crippen LogP contribution in [0.1, 0.15) is 22.9 Å². The van der Waals surface area contributed by atoms with Crippen molar-refractivity contribution in [2.45, 2.75) is 29.5 Å². The average Bonchev–Trinajstić information content (AvgIpc) is 2.98. The Morgan fingerprint density at radius 1 is 1.08 bits per heavy atom. The first-order valence-electron chi connectivity index (χ1n) is 7.63. The Bertz CT molecular complexity index is 961. The van der Waals surface area contributed by atoms with Gasteiger partial charge in [-0.1, -0.05) is 30.3 Å². The maximum Gasteiger partial charge on any atom is 0.250 e. The molecule has 2 atom stereocenters. The summed E-state index contributed by atoms with van der Waals surface area (Å²) in [6.45, 7) is 1.94. The average molecular weight is 377 g/mol. The molecule has 1 aliphatic rings. The predicted octanol–water partition coefficient (Wildman–Crippen LogP) is 4.01. The van der Waals surface area contributed by atoms with Crippen LogP contribution in [0.25, 0.3) is 9.75 Å². The highest BCUT2D eigenvalue weighted by atomic mass is 32.2. The maximum atomic E-state index is 12.6. The van der Waals surface area contributed by atoms with E-state index >= 15 is 0 Å². The van der Waals surface area contributed by atoms with Crippen molar-refractivity contribution in [2.24, 2.45) is 0 Å². The molecule has 0 aliphatic heterocycles. The van der Waals surface area contributed by atoms with E-state index in [0.29, 0.717) is 4.21 Å². The Balaban J connectivity index is 1.49. The van der Waals surface area contributed by atoms with E-state index in [-0.39, 0.29) is 12.0 Å². The first kappa shape index (κ1) is 16.0. The third-order valence-electron chi connectivity index (χ3n) is 4.04. The number of sulfonamides is 1. The fraction of sp³-hybridized carbons (Fsp3) is 0.235. The molecule has 0 spiro atoms. The quantitative estimate of drug-likeness (QED) is 0.732. The fourth-order valence-corrected chi connectivity index (χ4v) is 6.19. The second kappa shape index (κ2) is 6.07. The van der Waals surface area contributed by atoms with E-state index in [1.807, 2.05) is 43.3 Å². The SMILES string of the molecule is Cc1ncc(-c2ccc(S(=O)(=O)N[C@H]3C[C@@H]3c3ccccc3)s2)s1. The fourth-order valence-electron chi connectivity index (χ4n) is 2.72. The van der Waals surface area contributed by atoms with E-state index in [0.717, 1.165) is 21.2 Å². The predicted molar refractivity (Wildman–Crippen MR) is 98.1 cm³/mol. The first-order valence-corrected chi connectivity index (χ1v) is 10.7. The molecule has 2 heterocycles. The molecule has 0 amide bonds. The van der Waals surface area contributed by atoms with Gasteiger partial charge in [0.25, 0.3) is 0 Å². The van der Waals surface area contributed by atoms with Gasteiger partial charge in [0.2, 0.25) is 10.0 Å². The largest absolute Gasteiger partial charge is 0.250 e. The van der Waals surface area contributed by atoms with Gasteiger partial charge in [-0.25, -0.2) is 18.1 Å². The zero-order valence-corrected chi connectivity index (χ0v) is 15.4. The van der Waals surface area contributed by atoms with Gasteiger partial charge in [0, 0.05) is 23.0 Å². The molecule has 4 nitrogen and oxygen atoms in total. The van der Waals surface area contributed by atoms with Crippen LogP contribution in [0.15, 0.2) is 52.9 Å². The van der Waals surface area contributed by atoms with Gasteiger partial charge >= 0.3 is 0 Å². The van der Waals surface area contributed by atoms with Gasteiger partial charge in [0.15, 0.2) is 0 Å². The lowest BCUT2D eigenvalue weighted by Crippen LogP contribution is -2.26. The molecule has 1 fully saturated rings. The van der Waals surface area contributed by atoms with Crippen molar-refractivity contribution < 1.29 is 8.42 Å². The van der Waals surface area contributed by atoms with Crippen molar-refractivity contribution in [1.29, 1.82) is 0 Å². The van der Waals surface area contributed by atoms with Gasteiger partial charge in [0.1, 0.15) is 4.21 Å². The minimum Gasteiger partial charge on any atom is -0.249 e. The standard InChI is InChI=1S/C17H16N2O2S3/c1-11-18-10-16(22-11)15-7-8-17(23-15)24(20,21)19-14-9-13(14)12-5-3-2-4-6-12/h2-8,10,13-14,19H,9H2,1H3/t13-,14+/m1/s1. The molecule has 7 heteroatoms. The van der Waals surface area contributed by atoms with Crippen LogP contribution in [-0.4, -0.2) is 19.4 Å². The summed E-state index contributed by atoms with van der Waals surface area (Å²) in [7, 11) is -3.47. The van der Waals surface area contributed by atoms with Crippen molar-refractivity contribution in [3.63, 3.8) is 0 Å². The van der Waals surface area contributed by atoms with Gasteiger partial charge < -0.3 is 0 Å². The summed E-state index contributed by atoms with van der Waals surface area (Å²) < 4.78 is 28.4. The van der Waals surface area contributed by atoms with E-state index in [9.17, 15) is 8.42 Å². The maximum absolute atomic E-state index is 12.6. The number of aromatic nitrogens is 1. The van der Waals surface area contributed by atoms with Crippen molar-refractivity contribution >= 4 is 32.7 Å². The third-order valence-corrected chi connectivity index (χ3v) is 8.21. The molecule has 0 saturated heterocycles. The number of nitrogens with zero attached hydrogens (tertiary/aromatic N) is 1. The molecule has 0 unspecified atom stereocenters. The summed E-state index contributed by atoms with van der Waals surface area (Å²) in [6.07, 6.45) is 2.65. The molecule has 0 bridgehead atoms. The number of hydrogen-bond donors (Lipinski definition) is 1. The molecule has 1 saturated carbocycles. The minimum atomic E-state index is -3.47. The number of thiazole rings is 1. The summed E-state index contributed by atoms with van der Waals surface area (Å²) in [6, 6.07) is 13.6. The third kappa shape index (κ3) is 3.17. The molecule has 1 N–H and O–H groups in total. The van der Waals surface area contributed by atoms with Gasteiger partial charge in [-0.2, -0.15) is 0 Å². The zero-order valence-electron chi connectivity index (χ0n) is 13.0. The van der Waals surface area contributed by atoms with Gasteiger partial charge in [-0.3, -0.25) is 0 Å². The Hall–Kier alpha value is -1.54. The van der Waals surface area contributed by atoms with Crippen LogP contribution in [-0.2, 0) is 10.0 Å². The Morgan fingerprint density at radius 2 is 1.88 bits per heavy atom. The Kier molecular flexibility index (Phi) is 4.04. The first-order chi connectivity index (χ1) is 11.5. The molecule has 2 aromatic heterocycles. The lowest BCUT2D eigenvalue weighted by molar-refractivity contribution is 0.582. The van der Waals surface area contributed by atoms with E-state index in [1.165, 1.54) is 16.9 Å². The molecule has 24 heavy (non-hydrogen) atoms. The summed E-state index contributed by atoms with van der Waals surface area (Å²) in [5.41, 5.74) is 1.19. The van der Waals surface area contributed by atoms with Crippen LogP contribution in [0, 0.1) is 6.92 Å². The number of thiophene rings is 1. The Morgan fingerprint density at radius 3 is 2.58 bits per heavy atom. The molecule has 4 rings (SSSR count). The molecule has 124 valence electrons. The lowest BCUT2D eigenvalue weighted by atomic mass is 10.1. The van der Waals surface area contributed by atoms with Gasteiger partial charge in [0.05, 0.1) is 9.88 Å². The van der Waals surface area contributed by atoms with Gasteiger partial charge in [-0.15, -0.1) is 22.7 Å². The highest BCUT2D eigenvalue weighted by Gasteiger charge is 2.41. The van der Waals surface area contributed by atoms with Gasteiger partial charge in [-0.05, 0) is 31.0 Å². The highest BCUT2D eigenvalue weighted by Crippen LogP contribution is 2.42. The minimum absolute atomic E-state index is 0.00593. The highest BCUT2D eigenvalue weighted by molar-refractivity contribution is 7.91. The number of rotatable bonds is 5. The second-order valence-corrected chi connectivity index (χ2v) is 10.1. The van der Waals surface area contributed by atoms with Crippen LogP contribution < -0.4 is 4.72 Å². The second-order valence-electron chi connectivity index (χ2n) is 5.84. The molecule has 3 aromatic rings. The lowest BCUT2D eigenvalue weighted by Gasteiger charge is -2.04. The van der Waals surface area contributed by atoms with E-state index in [1.54, 1.807) is 23.6 Å². The summed E-state index contributed by atoms with van der Waals surface area (Å²) in [5.74, 6) is 0.282. The van der Waals surface area contributed by atoms with Crippen LogP contribution in [0.5, 0.6) is 0 Å². The van der Waals surface area contributed by atoms with E-state index in [4.69, 9.17) is 0 Å². The van der Waals surface area contributed by atoms with Crippen molar-refractivity contribution in [3.8, 4) is 9.75 Å². The smallest absolute Gasteiger partial charge is 0.249 e. The van der Waals surface area contributed by atoms with E-state index in [2.05, 4.69) is 9.71 Å². The number of benzene rings is 1. The van der Waals surface area contributed by atoms with Crippen molar-refractivity contribution in [3.05, 3.63) is 59.2 Å². The van der Waals surface area contributed by atoms with Crippen LogP contribution in [0.3, 0.4) is 0 Å². The number of aryl methyl sites for hydroxylation is 1. The van der Waals surface area contributed by atoms with Crippen LogP contribution in [0.2, 0.25) is 0 Å². The zero-order chi connectivity index (χ0) is 16.7. The van der Waals surface area contributed by atoms with Crippen LogP contribution >= 0.6 is 22.7 Å².